The second kappa shape index (κ2) is 5.30. The van der Waals surface area contributed by atoms with Crippen molar-refractivity contribution in [2.45, 2.75) is 5.92 Å². The lowest BCUT2D eigenvalue weighted by atomic mass is 9.96. The van der Waals surface area contributed by atoms with Gasteiger partial charge in [-0.05, 0) is 24.3 Å². The largest absolute Gasteiger partial charge is 0.207 e. The number of aromatic nitrogens is 2. The van der Waals surface area contributed by atoms with Crippen molar-refractivity contribution in [3.8, 4) is 6.07 Å². The molecule has 0 aliphatic heterocycles. The van der Waals surface area contributed by atoms with Crippen molar-refractivity contribution in [2.75, 3.05) is 0 Å². The van der Waals surface area contributed by atoms with Gasteiger partial charge in [-0.2, -0.15) is 10.4 Å². The first-order chi connectivity index (χ1) is 8.63. The Labute approximate surface area is 113 Å². The molecule has 2 rings (SSSR count). The molecule has 90 valence electrons. The Morgan fingerprint density at radius 2 is 1.94 bits per heavy atom. The third-order valence-electron chi connectivity index (χ3n) is 2.37. The molecule has 0 N–H and O–H groups in total. The van der Waals surface area contributed by atoms with Gasteiger partial charge in [-0.15, -0.1) is 5.10 Å². The molecule has 0 aliphatic rings. The molecular weight excluding hydrogens is 276 g/mol. The van der Waals surface area contributed by atoms with E-state index in [0.717, 1.165) is 0 Å². The van der Waals surface area contributed by atoms with Crippen LogP contribution in [0.1, 0.15) is 17.2 Å². The summed E-state index contributed by atoms with van der Waals surface area (Å²) < 4.78 is 13.7. The summed E-state index contributed by atoms with van der Waals surface area (Å²) in [6.45, 7) is 0. The van der Waals surface area contributed by atoms with Crippen LogP contribution in [0.3, 0.4) is 0 Å². The van der Waals surface area contributed by atoms with Gasteiger partial charge >= 0.3 is 0 Å². The first-order valence-electron chi connectivity index (χ1n) is 4.96. The summed E-state index contributed by atoms with van der Waals surface area (Å²) in [5, 5.41) is 17.0. The van der Waals surface area contributed by atoms with E-state index in [4.69, 9.17) is 23.2 Å². The van der Waals surface area contributed by atoms with Gasteiger partial charge in [0.25, 0.3) is 0 Å². The van der Waals surface area contributed by atoms with E-state index in [1.165, 1.54) is 30.3 Å². The molecule has 0 amide bonds. The van der Waals surface area contributed by atoms with Crippen molar-refractivity contribution in [3.63, 3.8) is 0 Å². The first kappa shape index (κ1) is 12.7. The van der Waals surface area contributed by atoms with Gasteiger partial charge in [0.1, 0.15) is 11.7 Å². The summed E-state index contributed by atoms with van der Waals surface area (Å²) in [5.41, 5.74) is 0.396. The third-order valence-corrected chi connectivity index (χ3v) is 2.90. The summed E-state index contributed by atoms with van der Waals surface area (Å²) in [6.07, 6.45) is 0. The number of nitrogens with zero attached hydrogens (tertiary/aromatic N) is 3. The highest BCUT2D eigenvalue weighted by Crippen LogP contribution is 2.30. The predicted molar refractivity (Wildman–Crippen MR) is 65.9 cm³/mol. The maximum absolute atomic E-state index is 13.7. The number of nitriles is 1. The number of hydrogen-bond acceptors (Lipinski definition) is 3. The minimum atomic E-state index is -0.913. The van der Waals surface area contributed by atoms with Crippen molar-refractivity contribution in [1.82, 2.24) is 10.2 Å². The molecule has 1 heterocycles. The summed E-state index contributed by atoms with van der Waals surface area (Å²) in [6, 6.07) is 9.22. The Bertz CT molecular complexity index is 587. The molecule has 0 unspecified atom stereocenters. The highest BCUT2D eigenvalue weighted by molar-refractivity contribution is 6.31. The number of hydrogen-bond donors (Lipinski definition) is 0. The van der Waals surface area contributed by atoms with Gasteiger partial charge in [0.15, 0.2) is 5.15 Å². The molecule has 0 spiro atoms. The highest BCUT2D eigenvalue weighted by Gasteiger charge is 2.22. The molecule has 0 saturated carbocycles. The minimum absolute atomic E-state index is 0.0956. The monoisotopic (exact) mass is 281 g/mol. The van der Waals surface area contributed by atoms with E-state index in [2.05, 4.69) is 10.2 Å². The molecule has 1 aromatic carbocycles. The molecule has 1 aromatic heterocycles. The van der Waals surface area contributed by atoms with Crippen LogP contribution < -0.4 is 0 Å². The van der Waals surface area contributed by atoms with E-state index in [9.17, 15) is 9.65 Å². The molecule has 0 saturated heterocycles. The third kappa shape index (κ3) is 2.42. The fourth-order valence-electron chi connectivity index (χ4n) is 1.55. The van der Waals surface area contributed by atoms with Gasteiger partial charge in [0.05, 0.1) is 11.8 Å². The molecular formula is C12H6Cl2FN3. The molecule has 0 bridgehead atoms. The maximum Gasteiger partial charge on any atom is 0.151 e. The summed E-state index contributed by atoms with van der Waals surface area (Å²) >= 11 is 11.5. The highest BCUT2D eigenvalue weighted by atomic mass is 35.5. The summed E-state index contributed by atoms with van der Waals surface area (Å²) in [7, 11) is 0. The molecule has 1 atom stereocenters. The van der Waals surface area contributed by atoms with E-state index < -0.39 is 11.7 Å². The molecule has 3 nitrogen and oxygen atoms in total. The van der Waals surface area contributed by atoms with E-state index >= 15 is 0 Å². The normalized spacial score (nSPS) is 11.9. The number of halogens is 3. The Hall–Kier alpha value is -1.70. The van der Waals surface area contributed by atoms with Crippen LogP contribution >= 0.6 is 23.2 Å². The van der Waals surface area contributed by atoms with Crippen LogP contribution in [0.15, 0.2) is 30.3 Å². The quantitative estimate of drug-likeness (QED) is 0.845. The van der Waals surface area contributed by atoms with Crippen LogP contribution in [0.5, 0.6) is 0 Å². The lowest BCUT2D eigenvalue weighted by Gasteiger charge is -2.11. The fraction of sp³-hybridized carbons (Fsp3) is 0.0833. The average molecular weight is 282 g/mol. The second-order valence-electron chi connectivity index (χ2n) is 3.48. The molecule has 18 heavy (non-hydrogen) atoms. The first-order valence-corrected chi connectivity index (χ1v) is 5.71. The van der Waals surface area contributed by atoms with E-state index in [0.29, 0.717) is 5.69 Å². The maximum atomic E-state index is 13.7. The zero-order valence-corrected chi connectivity index (χ0v) is 10.5. The molecule has 0 aliphatic carbocycles. The molecule has 0 radical (unpaired) electrons. The van der Waals surface area contributed by atoms with Gasteiger partial charge in [-0.3, -0.25) is 0 Å². The second-order valence-corrected chi connectivity index (χ2v) is 4.27. The Kier molecular flexibility index (Phi) is 3.75. The van der Waals surface area contributed by atoms with Crippen molar-refractivity contribution in [2.24, 2.45) is 0 Å². The summed E-state index contributed by atoms with van der Waals surface area (Å²) in [5.74, 6) is -1.46. The minimum Gasteiger partial charge on any atom is -0.207 e. The van der Waals surface area contributed by atoms with Crippen LogP contribution in [0.2, 0.25) is 10.2 Å². The predicted octanol–water partition coefficient (Wildman–Crippen LogP) is 3.58. The van der Waals surface area contributed by atoms with Gasteiger partial charge < -0.3 is 0 Å². The van der Waals surface area contributed by atoms with Crippen LogP contribution in [0.25, 0.3) is 0 Å². The standard InChI is InChI=1S/C12H6Cl2FN3/c13-8-2-1-3-9(15)12(8)7(6-16)10-4-5-11(14)18-17-10/h1-5,7H/t7-/m1/s1. The zero-order chi connectivity index (χ0) is 13.1. The summed E-state index contributed by atoms with van der Waals surface area (Å²) in [4.78, 5) is 0. The van der Waals surface area contributed by atoms with Crippen molar-refractivity contribution in [1.29, 1.82) is 5.26 Å². The van der Waals surface area contributed by atoms with Crippen LogP contribution in [0.4, 0.5) is 4.39 Å². The Balaban J connectivity index is 2.53. The van der Waals surface area contributed by atoms with E-state index in [1.807, 2.05) is 6.07 Å². The van der Waals surface area contributed by atoms with Crippen molar-refractivity contribution >= 4 is 23.2 Å². The SMILES string of the molecule is N#C[C@H](c1ccc(Cl)nn1)c1c(F)cccc1Cl. The van der Waals surface area contributed by atoms with Gasteiger partial charge in [0.2, 0.25) is 0 Å². The smallest absolute Gasteiger partial charge is 0.151 e. The average Bonchev–Trinajstić information content (AvgIpc) is 2.35. The van der Waals surface area contributed by atoms with Crippen LogP contribution in [-0.2, 0) is 0 Å². The van der Waals surface area contributed by atoms with Crippen molar-refractivity contribution in [3.05, 3.63) is 57.6 Å². The van der Waals surface area contributed by atoms with Crippen LogP contribution in [0, 0.1) is 17.1 Å². The lowest BCUT2D eigenvalue weighted by Crippen LogP contribution is -2.05. The van der Waals surface area contributed by atoms with E-state index in [1.54, 1.807) is 0 Å². The fourth-order valence-corrected chi connectivity index (χ4v) is 1.92. The van der Waals surface area contributed by atoms with Gasteiger partial charge in [-0.1, -0.05) is 29.3 Å². The Morgan fingerprint density at radius 3 is 2.50 bits per heavy atom. The van der Waals surface area contributed by atoms with E-state index in [-0.39, 0.29) is 15.7 Å². The molecule has 6 heteroatoms. The zero-order valence-electron chi connectivity index (χ0n) is 8.94. The lowest BCUT2D eigenvalue weighted by molar-refractivity contribution is 0.607. The number of benzene rings is 1. The topological polar surface area (TPSA) is 49.6 Å². The van der Waals surface area contributed by atoms with Crippen molar-refractivity contribution < 1.29 is 4.39 Å². The molecule has 0 fully saturated rings. The van der Waals surface area contributed by atoms with Gasteiger partial charge in [0, 0.05) is 10.6 Å². The Morgan fingerprint density at radius 1 is 1.17 bits per heavy atom. The van der Waals surface area contributed by atoms with Gasteiger partial charge in [-0.25, -0.2) is 4.39 Å². The molecule has 2 aromatic rings. The number of rotatable bonds is 2. The van der Waals surface area contributed by atoms with Crippen LogP contribution in [-0.4, -0.2) is 10.2 Å².